The predicted molar refractivity (Wildman–Crippen MR) is 125 cm³/mol. The highest BCUT2D eigenvalue weighted by Crippen LogP contribution is 2.55. The van der Waals surface area contributed by atoms with E-state index in [-0.39, 0.29) is 5.91 Å². The number of carbonyl (C=O) groups is 1. The van der Waals surface area contributed by atoms with Crippen molar-refractivity contribution in [3.05, 3.63) is 58.5 Å². The van der Waals surface area contributed by atoms with Gasteiger partial charge in [-0.3, -0.25) is 9.48 Å². The van der Waals surface area contributed by atoms with Gasteiger partial charge in [0.25, 0.3) is 5.91 Å². The van der Waals surface area contributed by atoms with Gasteiger partial charge in [-0.2, -0.15) is 10.4 Å². The first kappa shape index (κ1) is 20.5. The van der Waals surface area contributed by atoms with E-state index in [1.807, 2.05) is 30.1 Å². The van der Waals surface area contributed by atoms with Gasteiger partial charge in [0, 0.05) is 48.2 Å². The Morgan fingerprint density at radius 2 is 2.06 bits per heavy atom. The van der Waals surface area contributed by atoms with Crippen molar-refractivity contribution in [2.24, 2.45) is 7.05 Å². The number of hydrogen-bond donors (Lipinski definition) is 0. The normalized spacial score (nSPS) is 18.8. The molecule has 3 heterocycles. The molecule has 2 aromatic heterocycles. The standard InChI is InChI=1S/C25H25N5O2S/c1-29-23-20(8-11-30(24(23)31)15-25(9-10-25)33-19-6-7-19)22(27-29)21-13-18(32-28-21)12-16-2-4-17(14-26)5-3-16/h2-5,13,19H,6-12,15H2,1H3. The van der Waals surface area contributed by atoms with Crippen LogP contribution in [0.3, 0.4) is 0 Å². The lowest BCUT2D eigenvalue weighted by Gasteiger charge is -2.31. The van der Waals surface area contributed by atoms with Crippen LogP contribution in [0.5, 0.6) is 0 Å². The Bertz CT molecular complexity index is 1260. The van der Waals surface area contributed by atoms with Crippen molar-refractivity contribution in [1.29, 1.82) is 5.26 Å². The molecule has 0 atom stereocenters. The molecule has 0 radical (unpaired) electrons. The number of rotatable bonds is 7. The van der Waals surface area contributed by atoms with Crippen LogP contribution in [0.2, 0.25) is 0 Å². The van der Waals surface area contributed by atoms with Crippen LogP contribution in [-0.2, 0) is 19.9 Å². The van der Waals surface area contributed by atoms with Crippen molar-refractivity contribution in [2.45, 2.75) is 48.5 Å². The second-order valence-corrected chi connectivity index (χ2v) is 11.2. The quantitative estimate of drug-likeness (QED) is 0.531. The summed E-state index contributed by atoms with van der Waals surface area (Å²) in [5.74, 6) is 0.812. The molecule has 3 aromatic rings. The molecule has 33 heavy (non-hydrogen) atoms. The first-order chi connectivity index (χ1) is 16.0. The Hall–Kier alpha value is -3.05. The highest BCUT2D eigenvalue weighted by Gasteiger charge is 2.49. The van der Waals surface area contributed by atoms with Crippen molar-refractivity contribution in [3.8, 4) is 17.5 Å². The van der Waals surface area contributed by atoms with E-state index in [0.29, 0.717) is 28.1 Å². The zero-order chi connectivity index (χ0) is 22.6. The Kier molecular flexibility index (Phi) is 4.84. The van der Waals surface area contributed by atoms with Crippen LogP contribution in [-0.4, -0.2) is 48.8 Å². The van der Waals surface area contributed by atoms with Crippen molar-refractivity contribution < 1.29 is 9.32 Å². The van der Waals surface area contributed by atoms with Crippen molar-refractivity contribution >= 4 is 17.7 Å². The fourth-order valence-electron chi connectivity index (χ4n) is 4.67. The van der Waals surface area contributed by atoms with E-state index in [9.17, 15) is 4.79 Å². The molecule has 2 saturated carbocycles. The third-order valence-corrected chi connectivity index (χ3v) is 8.60. The van der Waals surface area contributed by atoms with Gasteiger partial charge >= 0.3 is 0 Å². The molecule has 6 rings (SSSR count). The molecule has 0 unspecified atom stereocenters. The topological polar surface area (TPSA) is 88.0 Å². The maximum absolute atomic E-state index is 13.4. The van der Waals surface area contributed by atoms with E-state index in [4.69, 9.17) is 9.78 Å². The van der Waals surface area contributed by atoms with Crippen LogP contribution in [0.4, 0.5) is 0 Å². The molecule has 7 nitrogen and oxygen atoms in total. The lowest BCUT2D eigenvalue weighted by atomic mass is 10.0. The molecule has 1 amide bonds. The zero-order valence-corrected chi connectivity index (χ0v) is 19.4. The molecule has 8 heteroatoms. The highest BCUT2D eigenvalue weighted by molar-refractivity contribution is 8.01. The average molecular weight is 460 g/mol. The first-order valence-corrected chi connectivity index (χ1v) is 12.4. The number of nitriles is 1. The van der Waals surface area contributed by atoms with E-state index < -0.39 is 0 Å². The maximum atomic E-state index is 13.4. The van der Waals surface area contributed by atoms with Gasteiger partial charge in [-0.25, -0.2) is 0 Å². The summed E-state index contributed by atoms with van der Waals surface area (Å²) in [6, 6.07) is 11.5. The summed E-state index contributed by atoms with van der Waals surface area (Å²) in [4.78, 5) is 15.4. The van der Waals surface area contributed by atoms with Crippen LogP contribution in [0, 0.1) is 11.3 Å². The summed E-state index contributed by atoms with van der Waals surface area (Å²) in [5.41, 5.74) is 4.73. The van der Waals surface area contributed by atoms with Gasteiger partial charge in [-0.05, 0) is 49.8 Å². The van der Waals surface area contributed by atoms with E-state index >= 15 is 0 Å². The summed E-state index contributed by atoms with van der Waals surface area (Å²) in [6.07, 6.45) is 6.49. The molecule has 0 saturated heterocycles. The molecule has 0 spiro atoms. The fourth-order valence-corrected chi connectivity index (χ4v) is 6.32. The van der Waals surface area contributed by atoms with E-state index in [1.165, 1.54) is 25.7 Å². The number of carbonyl (C=O) groups excluding carboxylic acids is 1. The van der Waals surface area contributed by atoms with Gasteiger partial charge in [0.2, 0.25) is 0 Å². The third-order valence-electron chi connectivity index (χ3n) is 6.76. The highest BCUT2D eigenvalue weighted by atomic mass is 32.2. The Labute approximate surface area is 196 Å². The molecule has 2 aliphatic carbocycles. The Morgan fingerprint density at radius 3 is 2.76 bits per heavy atom. The second-order valence-electron chi connectivity index (χ2n) is 9.44. The molecule has 1 aromatic carbocycles. The first-order valence-electron chi connectivity index (χ1n) is 11.5. The monoisotopic (exact) mass is 459 g/mol. The van der Waals surface area contributed by atoms with Crippen molar-refractivity contribution in [1.82, 2.24) is 19.8 Å². The molecule has 2 fully saturated rings. The number of amides is 1. The largest absolute Gasteiger partial charge is 0.360 e. The summed E-state index contributed by atoms with van der Waals surface area (Å²) in [6.45, 7) is 1.58. The van der Waals surface area contributed by atoms with E-state index in [0.717, 1.165) is 47.3 Å². The fraction of sp³-hybridized carbons (Fsp3) is 0.440. The number of thioether (sulfide) groups is 1. The van der Waals surface area contributed by atoms with Gasteiger partial charge in [-0.15, -0.1) is 11.8 Å². The Balaban J connectivity index is 1.20. The van der Waals surface area contributed by atoms with Gasteiger partial charge in [0.15, 0.2) is 0 Å². The molecule has 0 N–H and O–H groups in total. The van der Waals surface area contributed by atoms with Crippen LogP contribution in [0.25, 0.3) is 11.4 Å². The minimum atomic E-state index is 0.0847. The SMILES string of the molecule is Cn1nc(-c2cc(Cc3ccc(C#N)cc3)on2)c2c1C(=O)N(CC1(SC3CC3)CC1)CC2. The van der Waals surface area contributed by atoms with Crippen LogP contribution in [0.1, 0.15) is 58.6 Å². The molecule has 168 valence electrons. The average Bonchev–Trinajstić information content (AvgIpc) is 3.71. The summed E-state index contributed by atoms with van der Waals surface area (Å²) >= 11 is 2.11. The molecular formula is C25H25N5O2S. The lowest BCUT2D eigenvalue weighted by Crippen LogP contribution is -2.43. The van der Waals surface area contributed by atoms with Crippen LogP contribution in [0.15, 0.2) is 34.9 Å². The summed E-state index contributed by atoms with van der Waals surface area (Å²) in [5, 5.41) is 18.7. The summed E-state index contributed by atoms with van der Waals surface area (Å²) in [7, 11) is 1.84. The minimum Gasteiger partial charge on any atom is -0.360 e. The third kappa shape index (κ3) is 3.95. The zero-order valence-electron chi connectivity index (χ0n) is 18.6. The van der Waals surface area contributed by atoms with Crippen molar-refractivity contribution in [2.75, 3.05) is 13.1 Å². The maximum Gasteiger partial charge on any atom is 0.272 e. The van der Waals surface area contributed by atoms with Gasteiger partial charge in [0.05, 0.1) is 11.6 Å². The molecule has 3 aliphatic rings. The number of hydrogen-bond acceptors (Lipinski definition) is 6. The van der Waals surface area contributed by atoms with Crippen molar-refractivity contribution in [3.63, 3.8) is 0 Å². The van der Waals surface area contributed by atoms with Gasteiger partial charge in [-0.1, -0.05) is 17.3 Å². The Morgan fingerprint density at radius 1 is 1.27 bits per heavy atom. The smallest absolute Gasteiger partial charge is 0.272 e. The second kappa shape index (κ2) is 7.77. The number of aryl methyl sites for hydroxylation is 1. The lowest BCUT2D eigenvalue weighted by molar-refractivity contribution is 0.0725. The molecular weight excluding hydrogens is 434 g/mol. The van der Waals surface area contributed by atoms with Gasteiger partial charge < -0.3 is 9.42 Å². The van der Waals surface area contributed by atoms with E-state index in [2.05, 4.69) is 28.1 Å². The number of benzene rings is 1. The molecule has 1 aliphatic heterocycles. The number of fused-ring (bicyclic) bond motifs is 1. The number of nitrogens with zero attached hydrogens (tertiary/aromatic N) is 5. The van der Waals surface area contributed by atoms with Crippen LogP contribution < -0.4 is 0 Å². The van der Waals surface area contributed by atoms with Crippen LogP contribution >= 0.6 is 11.8 Å². The predicted octanol–water partition coefficient (Wildman–Crippen LogP) is 3.96. The molecule has 0 bridgehead atoms. The van der Waals surface area contributed by atoms with Gasteiger partial charge in [0.1, 0.15) is 22.8 Å². The number of aromatic nitrogens is 3. The summed E-state index contributed by atoms with van der Waals surface area (Å²) < 4.78 is 7.59. The minimum absolute atomic E-state index is 0.0847. The van der Waals surface area contributed by atoms with E-state index in [1.54, 1.807) is 16.8 Å².